The van der Waals surface area contributed by atoms with Crippen molar-refractivity contribution in [1.82, 2.24) is 19.4 Å². The van der Waals surface area contributed by atoms with E-state index in [1.807, 2.05) is 19.2 Å². The second kappa shape index (κ2) is 9.88. The van der Waals surface area contributed by atoms with E-state index < -0.39 is 9.84 Å². The van der Waals surface area contributed by atoms with Gasteiger partial charge in [-0.1, -0.05) is 24.3 Å². The summed E-state index contributed by atoms with van der Waals surface area (Å²) in [6, 6.07) is 21.1. The molecule has 2 atom stereocenters. The second-order valence-corrected chi connectivity index (χ2v) is 13.9. The molecule has 6 nitrogen and oxygen atoms in total. The van der Waals surface area contributed by atoms with Gasteiger partial charge in [-0.05, 0) is 91.3 Å². The first kappa shape index (κ1) is 26.2. The van der Waals surface area contributed by atoms with Crippen molar-refractivity contribution in [2.45, 2.75) is 38.3 Å². The molecule has 39 heavy (non-hydrogen) atoms. The van der Waals surface area contributed by atoms with Gasteiger partial charge in [-0.3, -0.25) is 4.90 Å². The van der Waals surface area contributed by atoms with E-state index in [-0.39, 0.29) is 0 Å². The summed E-state index contributed by atoms with van der Waals surface area (Å²) >= 11 is 0. The van der Waals surface area contributed by atoms with Crippen LogP contribution in [-0.2, 0) is 23.4 Å². The summed E-state index contributed by atoms with van der Waals surface area (Å²) in [5.74, 6) is 2.47. The van der Waals surface area contributed by atoms with Crippen LogP contribution in [0.15, 0.2) is 65.6 Å². The van der Waals surface area contributed by atoms with Crippen molar-refractivity contribution >= 4 is 20.9 Å². The van der Waals surface area contributed by atoms with Gasteiger partial charge >= 0.3 is 0 Å². The summed E-state index contributed by atoms with van der Waals surface area (Å²) < 4.78 is 25.8. The Labute approximate surface area is 232 Å². The first-order valence-corrected chi connectivity index (χ1v) is 15.8. The van der Waals surface area contributed by atoms with Crippen molar-refractivity contribution < 1.29 is 8.42 Å². The molecule has 0 N–H and O–H groups in total. The van der Waals surface area contributed by atoms with Crippen LogP contribution in [0.2, 0.25) is 0 Å². The Hall–Kier alpha value is -3.00. The van der Waals surface area contributed by atoms with Gasteiger partial charge in [-0.25, -0.2) is 13.4 Å². The molecule has 4 aromatic rings. The Morgan fingerprint density at radius 2 is 1.49 bits per heavy atom. The number of benzene rings is 3. The first-order chi connectivity index (χ1) is 18.6. The van der Waals surface area contributed by atoms with Crippen LogP contribution in [0.1, 0.15) is 25.0 Å². The van der Waals surface area contributed by atoms with Gasteiger partial charge in [0.1, 0.15) is 5.82 Å². The summed E-state index contributed by atoms with van der Waals surface area (Å²) in [5.41, 5.74) is 7.81. The van der Waals surface area contributed by atoms with Crippen LogP contribution in [0.25, 0.3) is 33.5 Å². The summed E-state index contributed by atoms with van der Waals surface area (Å²) in [5, 5.41) is 0. The van der Waals surface area contributed by atoms with Crippen molar-refractivity contribution in [3.05, 3.63) is 71.8 Å². The van der Waals surface area contributed by atoms with Crippen LogP contribution in [0, 0.1) is 18.8 Å². The van der Waals surface area contributed by atoms with Gasteiger partial charge < -0.3 is 9.47 Å². The van der Waals surface area contributed by atoms with Gasteiger partial charge in [0.2, 0.25) is 0 Å². The molecule has 2 aliphatic rings. The largest absolute Gasteiger partial charge is 0.327 e. The third-order valence-electron chi connectivity index (χ3n) is 8.73. The maximum atomic E-state index is 11.9. The fourth-order valence-corrected chi connectivity index (χ4v) is 7.10. The van der Waals surface area contributed by atoms with E-state index in [0.29, 0.717) is 10.9 Å². The molecule has 3 heterocycles. The number of likely N-dealkylation sites (tertiary alicyclic amines) is 2. The van der Waals surface area contributed by atoms with Crippen molar-refractivity contribution in [2.24, 2.45) is 18.9 Å². The highest BCUT2D eigenvalue weighted by Gasteiger charge is 2.40. The number of sulfone groups is 1. The van der Waals surface area contributed by atoms with E-state index in [1.165, 1.54) is 49.1 Å². The summed E-state index contributed by atoms with van der Waals surface area (Å²) in [6.07, 6.45) is 1.23. The number of hydrogen-bond donors (Lipinski definition) is 0. The molecule has 2 fully saturated rings. The van der Waals surface area contributed by atoms with Gasteiger partial charge in [0.25, 0.3) is 0 Å². The van der Waals surface area contributed by atoms with E-state index in [4.69, 9.17) is 4.98 Å². The van der Waals surface area contributed by atoms with Gasteiger partial charge in [-0.2, -0.15) is 0 Å². The zero-order chi connectivity index (χ0) is 27.5. The predicted octanol–water partition coefficient (Wildman–Crippen LogP) is 5.39. The van der Waals surface area contributed by atoms with Crippen LogP contribution < -0.4 is 0 Å². The number of nitrogens with zero attached hydrogens (tertiary/aromatic N) is 4. The fraction of sp³-hybridized carbons (Fsp3) is 0.406. The molecule has 0 aliphatic carbocycles. The number of aryl methyl sites for hydroxylation is 2. The molecule has 1 aromatic heterocycles. The lowest BCUT2D eigenvalue weighted by molar-refractivity contribution is 0.220. The summed E-state index contributed by atoms with van der Waals surface area (Å²) in [7, 11) is -1.21. The molecular weight excluding hydrogens is 504 g/mol. The first-order valence-electron chi connectivity index (χ1n) is 13.9. The van der Waals surface area contributed by atoms with Crippen LogP contribution in [0.3, 0.4) is 0 Å². The number of rotatable bonds is 6. The quantitative estimate of drug-likeness (QED) is 0.327. The van der Waals surface area contributed by atoms with E-state index in [0.717, 1.165) is 46.4 Å². The number of aromatic nitrogens is 2. The smallest absolute Gasteiger partial charge is 0.175 e. The number of hydrogen-bond acceptors (Lipinski definition) is 5. The minimum Gasteiger partial charge on any atom is -0.327 e. The van der Waals surface area contributed by atoms with Crippen molar-refractivity contribution in [3.63, 3.8) is 0 Å². The van der Waals surface area contributed by atoms with Gasteiger partial charge in [-0.15, -0.1) is 0 Å². The monoisotopic (exact) mass is 542 g/mol. The average molecular weight is 543 g/mol. The number of fused-ring (bicyclic) bond motifs is 2. The molecule has 2 saturated heterocycles. The molecule has 204 valence electrons. The van der Waals surface area contributed by atoms with Crippen molar-refractivity contribution in [3.8, 4) is 22.5 Å². The maximum Gasteiger partial charge on any atom is 0.175 e. The highest BCUT2D eigenvalue weighted by Crippen LogP contribution is 2.34. The topological polar surface area (TPSA) is 58.4 Å². The molecular formula is C32H38N4O2S. The van der Waals surface area contributed by atoms with E-state index >= 15 is 0 Å². The van der Waals surface area contributed by atoms with Crippen LogP contribution in [0.5, 0.6) is 0 Å². The Balaban J connectivity index is 1.20. The van der Waals surface area contributed by atoms with Gasteiger partial charge in [0.15, 0.2) is 9.84 Å². The molecule has 6 rings (SSSR count). The molecule has 0 saturated carbocycles. The van der Waals surface area contributed by atoms with E-state index in [1.54, 1.807) is 12.1 Å². The Kier molecular flexibility index (Phi) is 6.64. The Bertz CT molecular complexity index is 1610. The Morgan fingerprint density at radius 3 is 2.08 bits per heavy atom. The predicted molar refractivity (Wildman–Crippen MR) is 158 cm³/mol. The molecule has 0 spiro atoms. The summed E-state index contributed by atoms with van der Waals surface area (Å²) in [6.45, 7) is 12.7. The Morgan fingerprint density at radius 1 is 0.872 bits per heavy atom. The van der Waals surface area contributed by atoms with Gasteiger partial charge in [0.05, 0.1) is 15.9 Å². The van der Waals surface area contributed by atoms with Crippen molar-refractivity contribution in [1.29, 1.82) is 0 Å². The zero-order valence-electron chi connectivity index (χ0n) is 23.6. The maximum absolute atomic E-state index is 11.9. The second-order valence-electron chi connectivity index (χ2n) is 11.9. The number of imidazole rings is 1. The summed E-state index contributed by atoms with van der Waals surface area (Å²) in [4.78, 5) is 10.5. The van der Waals surface area contributed by atoms with Crippen molar-refractivity contribution in [2.75, 3.05) is 32.4 Å². The van der Waals surface area contributed by atoms with E-state index in [2.05, 4.69) is 71.5 Å². The van der Waals surface area contributed by atoms with E-state index in [9.17, 15) is 8.42 Å². The molecule has 0 radical (unpaired) electrons. The molecule has 0 bridgehead atoms. The SMILES string of the molecule is Cc1cc(-c2ccc(CN3CC4CN(C(C)C)C[C@@H]4C3)cc2)cc2c1nc(-c1ccc(S(C)(=O)=O)cc1)n2C. The van der Waals surface area contributed by atoms with Gasteiger partial charge in [0, 0.05) is 57.6 Å². The molecule has 1 unspecified atom stereocenters. The highest BCUT2D eigenvalue weighted by molar-refractivity contribution is 7.90. The zero-order valence-corrected chi connectivity index (χ0v) is 24.4. The standard InChI is InChI=1S/C32H38N4O2S/c1-21(2)36-19-27-17-35(18-28(27)20-36)16-23-6-8-24(9-7-23)26-14-22(3)31-30(15-26)34(4)32(33-31)25-10-12-29(13-11-25)39(5,37)38/h6-15,21,27-28H,16-20H2,1-5H3/t27-,28?/m0/s1. The lowest BCUT2D eigenvalue weighted by Crippen LogP contribution is -2.32. The molecule has 7 heteroatoms. The normalized spacial score (nSPS) is 20.4. The minimum atomic E-state index is -3.23. The minimum absolute atomic E-state index is 0.317. The molecule has 2 aliphatic heterocycles. The fourth-order valence-electron chi connectivity index (χ4n) is 6.47. The van der Waals surface area contributed by atoms with Crippen LogP contribution >= 0.6 is 0 Å². The molecule has 0 amide bonds. The lowest BCUT2D eigenvalue weighted by Gasteiger charge is -2.24. The third-order valence-corrected chi connectivity index (χ3v) is 9.86. The average Bonchev–Trinajstić information content (AvgIpc) is 3.56. The third kappa shape index (κ3) is 5.04. The van der Waals surface area contributed by atoms with Crippen LogP contribution in [-0.4, -0.2) is 66.2 Å². The molecule has 3 aromatic carbocycles. The highest BCUT2D eigenvalue weighted by atomic mass is 32.2. The van der Waals surface area contributed by atoms with Crippen LogP contribution in [0.4, 0.5) is 0 Å². The lowest BCUT2D eigenvalue weighted by atomic mass is 10.0.